The molecule has 5 atom stereocenters. The molecule has 0 spiro atoms. The summed E-state index contributed by atoms with van der Waals surface area (Å²) in [7, 11) is 3.07. The van der Waals surface area contributed by atoms with Gasteiger partial charge in [0.05, 0.1) is 6.10 Å². The Kier molecular flexibility index (Phi) is 12.3. The van der Waals surface area contributed by atoms with Crippen molar-refractivity contribution in [3.63, 3.8) is 0 Å². The fraction of sp³-hybridized carbons (Fsp3) is 1.00. The third-order valence-electron chi connectivity index (χ3n) is 2.61. The van der Waals surface area contributed by atoms with Crippen LogP contribution in [0.2, 0.25) is 0 Å². The van der Waals surface area contributed by atoms with E-state index in [0.29, 0.717) is 6.42 Å². The third kappa shape index (κ3) is 5.31. The van der Waals surface area contributed by atoms with Crippen molar-refractivity contribution >= 4 is 0 Å². The number of methoxy groups -OCH3 is 2. The van der Waals surface area contributed by atoms with Crippen molar-refractivity contribution in [2.45, 2.75) is 64.5 Å². The largest absolute Gasteiger partial charge is 0.389 e. The molecule has 17 heavy (non-hydrogen) atoms. The van der Waals surface area contributed by atoms with Crippen LogP contribution in [0, 0.1) is 0 Å². The molecule has 0 bridgehead atoms. The number of hydrogen-bond acceptors (Lipinski definition) is 5. The Hall–Kier alpha value is -0.200. The lowest BCUT2D eigenvalue weighted by Gasteiger charge is -2.40. The Labute approximate surface area is 105 Å². The molecular formula is C12H30N2O3. The highest BCUT2D eigenvalue weighted by Gasteiger charge is 2.41. The maximum absolute atomic E-state index is 9.67. The van der Waals surface area contributed by atoms with Crippen molar-refractivity contribution in [1.82, 2.24) is 0 Å². The van der Waals surface area contributed by atoms with Gasteiger partial charge in [-0.05, 0) is 6.42 Å². The van der Waals surface area contributed by atoms with Crippen LogP contribution in [-0.4, -0.2) is 49.7 Å². The molecule has 1 aliphatic rings. The summed E-state index contributed by atoms with van der Waals surface area (Å²) in [6.07, 6.45) is -0.849. The number of hydrogen-bond donors (Lipinski definition) is 3. The molecule has 106 valence electrons. The van der Waals surface area contributed by atoms with Crippen LogP contribution in [0.5, 0.6) is 0 Å². The zero-order valence-corrected chi connectivity index (χ0v) is 12.0. The van der Waals surface area contributed by atoms with E-state index in [1.54, 1.807) is 7.11 Å². The lowest BCUT2D eigenvalue weighted by Crippen LogP contribution is -2.62. The molecule has 0 aromatic heterocycles. The van der Waals surface area contributed by atoms with E-state index in [0.717, 1.165) is 0 Å². The van der Waals surface area contributed by atoms with Gasteiger partial charge < -0.3 is 26.0 Å². The van der Waals surface area contributed by atoms with Gasteiger partial charge in [0.25, 0.3) is 0 Å². The van der Waals surface area contributed by atoms with Gasteiger partial charge in [0, 0.05) is 26.3 Å². The zero-order chi connectivity index (χ0) is 14.0. The summed E-state index contributed by atoms with van der Waals surface area (Å²) in [4.78, 5) is 0. The Morgan fingerprint density at radius 2 is 1.29 bits per heavy atom. The van der Waals surface area contributed by atoms with E-state index in [1.165, 1.54) is 7.11 Å². The normalized spacial score (nSPS) is 36.2. The van der Waals surface area contributed by atoms with E-state index in [-0.39, 0.29) is 18.2 Å². The van der Waals surface area contributed by atoms with Crippen LogP contribution < -0.4 is 11.5 Å². The Balaban J connectivity index is 0. The maximum Gasteiger partial charge on any atom is 0.112 e. The highest BCUT2D eigenvalue weighted by Crippen LogP contribution is 2.22. The van der Waals surface area contributed by atoms with E-state index in [2.05, 4.69) is 0 Å². The summed E-state index contributed by atoms with van der Waals surface area (Å²) in [5.74, 6) is 0. The first-order chi connectivity index (χ1) is 8.11. The molecule has 0 aliphatic heterocycles. The second-order valence-electron chi connectivity index (χ2n) is 3.45. The second kappa shape index (κ2) is 10.9. The smallest absolute Gasteiger partial charge is 0.112 e. The van der Waals surface area contributed by atoms with E-state index in [4.69, 9.17) is 20.9 Å². The highest BCUT2D eigenvalue weighted by molar-refractivity contribution is 4.98. The fourth-order valence-electron chi connectivity index (χ4n) is 1.85. The van der Waals surface area contributed by atoms with E-state index in [9.17, 15) is 5.11 Å². The van der Waals surface area contributed by atoms with Gasteiger partial charge >= 0.3 is 0 Å². The number of ether oxygens (including phenoxy) is 2. The predicted octanol–water partition coefficient (Wildman–Crippen LogP) is 0.488. The summed E-state index contributed by atoms with van der Waals surface area (Å²) < 4.78 is 10.3. The quantitative estimate of drug-likeness (QED) is 0.663. The molecule has 0 amide bonds. The average molecular weight is 250 g/mol. The number of rotatable bonds is 2. The Morgan fingerprint density at radius 1 is 0.882 bits per heavy atom. The van der Waals surface area contributed by atoms with Crippen LogP contribution in [0.15, 0.2) is 0 Å². The molecule has 0 unspecified atom stereocenters. The first-order valence-corrected chi connectivity index (χ1v) is 6.36. The Morgan fingerprint density at radius 3 is 1.65 bits per heavy atom. The molecule has 5 N–H and O–H groups in total. The van der Waals surface area contributed by atoms with Gasteiger partial charge in [-0.3, -0.25) is 0 Å². The summed E-state index contributed by atoms with van der Waals surface area (Å²) in [6.45, 7) is 8.00. The van der Waals surface area contributed by atoms with Crippen LogP contribution in [-0.2, 0) is 9.47 Å². The molecule has 0 radical (unpaired) electrons. The first-order valence-electron chi connectivity index (χ1n) is 6.36. The minimum Gasteiger partial charge on any atom is -0.389 e. The first kappa shape index (κ1) is 19.1. The summed E-state index contributed by atoms with van der Waals surface area (Å²) in [5.41, 5.74) is 11.5. The van der Waals surface area contributed by atoms with Gasteiger partial charge in [-0.15, -0.1) is 0 Å². The standard InChI is InChI=1S/C8H18N2O3.2C2H6/c1-12-7-5(10)3-4(9)6(11)8(7)13-2;2*1-2/h4-8,11H,3,9-10H2,1-2H3;2*1-2H3/t4-,5+,6+,7-,8-;;/m1../s1. The van der Waals surface area contributed by atoms with Crippen molar-refractivity contribution in [2.24, 2.45) is 11.5 Å². The maximum atomic E-state index is 9.67. The summed E-state index contributed by atoms with van der Waals surface area (Å²) in [5, 5.41) is 9.67. The van der Waals surface area contributed by atoms with Crippen LogP contribution >= 0.6 is 0 Å². The molecule has 1 fully saturated rings. The van der Waals surface area contributed by atoms with E-state index in [1.807, 2.05) is 27.7 Å². The molecule has 0 heterocycles. The van der Waals surface area contributed by atoms with Gasteiger partial charge in [-0.1, -0.05) is 27.7 Å². The average Bonchev–Trinajstić information content (AvgIpc) is 2.38. The summed E-state index contributed by atoms with van der Waals surface area (Å²) >= 11 is 0. The lowest BCUT2D eigenvalue weighted by molar-refractivity contribution is -0.130. The SMILES string of the molecule is CC.CC.CO[C@@H]1[C@@H](O)[C@H](N)C[C@H](N)[C@H]1OC. The van der Waals surface area contributed by atoms with Crippen molar-refractivity contribution in [3.8, 4) is 0 Å². The monoisotopic (exact) mass is 250 g/mol. The third-order valence-corrected chi connectivity index (χ3v) is 2.61. The second-order valence-corrected chi connectivity index (χ2v) is 3.45. The van der Waals surface area contributed by atoms with E-state index < -0.39 is 12.2 Å². The Bertz CT molecular complexity index is 170. The summed E-state index contributed by atoms with van der Waals surface area (Å²) in [6, 6.07) is -0.500. The minimum absolute atomic E-state index is 0.173. The van der Waals surface area contributed by atoms with Crippen molar-refractivity contribution in [3.05, 3.63) is 0 Å². The van der Waals surface area contributed by atoms with Crippen LogP contribution in [0.3, 0.4) is 0 Å². The lowest BCUT2D eigenvalue weighted by atomic mass is 9.84. The molecule has 5 heteroatoms. The van der Waals surface area contributed by atoms with Crippen molar-refractivity contribution in [2.75, 3.05) is 14.2 Å². The topological polar surface area (TPSA) is 90.7 Å². The molecule has 1 aliphatic carbocycles. The molecular weight excluding hydrogens is 220 g/mol. The van der Waals surface area contributed by atoms with Crippen molar-refractivity contribution in [1.29, 1.82) is 0 Å². The molecule has 0 saturated heterocycles. The molecule has 0 aromatic rings. The van der Waals surface area contributed by atoms with Gasteiger partial charge in [0.1, 0.15) is 12.2 Å². The molecule has 0 aromatic carbocycles. The van der Waals surface area contributed by atoms with Crippen LogP contribution in [0.1, 0.15) is 34.1 Å². The highest BCUT2D eigenvalue weighted by atomic mass is 16.5. The molecule has 1 saturated carbocycles. The fourth-order valence-corrected chi connectivity index (χ4v) is 1.85. The molecule has 5 nitrogen and oxygen atoms in total. The number of nitrogens with two attached hydrogens (primary N) is 2. The number of aliphatic hydroxyl groups excluding tert-OH is 1. The van der Waals surface area contributed by atoms with Gasteiger partial charge in [-0.2, -0.15) is 0 Å². The zero-order valence-electron chi connectivity index (χ0n) is 12.0. The predicted molar refractivity (Wildman–Crippen MR) is 70.9 cm³/mol. The molecule has 1 rings (SSSR count). The van der Waals surface area contributed by atoms with E-state index >= 15 is 0 Å². The van der Waals surface area contributed by atoms with Crippen LogP contribution in [0.25, 0.3) is 0 Å². The van der Waals surface area contributed by atoms with Crippen LogP contribution in [0.4, 0.5) is 0 Å². The van der Waals surface area contributed by atoms with Crippen molar-refractivity contribution < 1.29 is 14.6 Å². The van der Waals surface area contributed by atoms with Gasteiger partial charge in [0.2, 0.25) is 0 Å². The van der Waals surface area contributed by atoms with Gasteiger partial charge in [-0.25, -0.2) is 0 Å². The minimum atomic E-state index is -0.699. The van der Waals surface area contributed by atoms with Gasteiger partial charge in [0.15, 0.2) is 0 Å². The number of aliphatic hydroxyl groups is 1.